The number of rotatable bonds is 2. The Balaban J connectivity index is 1.53. The van der Waals surface area contributed by atoms with Crippen LogP contribution in [-0.2, 0) is 26.7 Å². The van der Waals surface area contributed by atoms with E-state index < -0.39 is 11.9 Å². The lowest BCUT2D eigenvalue weighted by molar-refractivity contribution is -0.141. The average molecular weight is 457 g/mol. The van der Waals surface area contributed by atoms with Crippen LogP contribution in [0.5, 0.6) is 0 Å². The van der Waals surface area contributed by atoms with Crippen LogP contribution in [0, 0.1) is 6.92 Å². The maximum atomic E-state index is 13.5. The van der Waals surface area contributed by atoms with Crippen LogP contribution in [0.3, 0.4) is 0 Å². The lowest BCUT2D eigenvalue weighted by Gasteiger charge is -2.32. The number of alkyl halides is 3. The van der Waals surface area contributed by atoms with Gasteiger partial charge in [-0.25, -0.2) is 4.52 Å². The molecule has 8 nitrogen and oxygen atoms in total. The number of nitrogens with zero attached hydrogens (tertiary/aromatic N) is 7. The summed E-state index contributed by atoms with van der Waals surface area (Å²) in [6.45, 7) is 4.23. The summed E-state index contributed by atoms with van der Waals surface area (Å²) in [7, 11) is 3.18. The summed E-state index contributed by atoms with van der Waals surface area (Å²) in [4.78, 5) is 15.2. The molecule has 5 heterocycles. The predicted octanol–water partition coefficient (Wildman–Crippen LogP) is 3.56. The van der Waals surface area contributed by atoms with Crippen LogP contribution in [0.4, 0.5) is 13.2 Å². The van der Waals surface area contributed by atoms with Gasteiger partial charge in [-0.1, -0.05) is 6.07 Å². The minimum absolute atomic E-state index is 0.149. The van der Waals surface area contributed by atoms with Gasteiger partial charge in [-0.15, -0.1) is 0 Å². The number of amides is 1. The van der Waals surface area contributed by atoms with Gasteiger partial charge in [-0.3, -0.25) is 14.2 Å². The molecule has 0 radical (unpaired) electrons. The number of hydrogen-bond donors (Lipinski definition) is 0. The van der Waals surface area contributed by atoms with Gasteiger partial charge in [0, 0.05) is 32.4 Å². The van der Waals surface area contributed by atoms with E-state index in [1.54, 1.807) is 33.5 Å². The summed E-state index contributed by atoms with van der Waals surface area (Å²) in [6.07, 6.45) is -0.687. The van der Waals surface area contributed by atoms with Gasteiger partial charge in [0.1, 0.15) is 0 Å². The highest BCUT2D eigenvalue weighted by atomic mass is 19.4. The molecule has 0 saturated heterocycles. The summed E-state index contributed by atoms with van der Waals surface area (Å²) in [5, 5.41) is 12.5. The quantitative estimate of drug-likeness (QED) is 0.462. The van der Waals surface area contributed by atoms with Crippen molar-refractivity contribution in [1.82, 2.24) is 34.1 Å². The SMILES string of the molecule is Cc1cccn2ncc(C(=O)N3CCc4c(nn(C)c4-c4cc(C(F)(F)F)nn4C)C3C)c12. The second-order valence-electron chi connectivity index (χ2n) is 8.34. The van der Waals surface area contributed by atoms with Crippen molar-refractivity contribution in [2.75, 3.05) is 6.54 Å². The van der Waals surface area contributed by atoms with E-state index in [1.165, 1.54) is 11.7 Å². The third kappa shape index (κ3) is 3.21. The van der Waals surface area contributed by atoms with Gasteiger partial charge in [0.25, 0.3) is 5.91 Å². The van der Waals surface area contributed by atoms with E-state index in [2.05, 4.69) is 15.3 Å². The van der Waals surface area contributed by atoms with Crippen LogP contribution in [0.2, 0.25) is 0 Å². The summed E-state index contributed by atoms with van der Waals surface area (Å²) < 4.78 is 44.1. The number of aryl methyl sites for hydroxylation is 3. The van der Waals surface area contributed by atoms with E-state index in [0.29, 0.717) is 35.6 Å². The minimum atomic E-state index is -4.53. The van der Waals surface area contributed by atoms with E-state index in [1.807, 2.05) is 26.0 Å². The zero-order chi connectivity index (χ0) is 23.7. The Morgan fingerprint density at radius 1 is 1.18 bits per heavy atom. The summed E-state index contributed by atoms with van der Waals surface area (Å²) in [5.74, 6) is -0.149. The molecule has 0 aliphatic carbocycles. The largest absolute Gasteiger partial charge is 0.435 e. The Labute approximate surface area is 187 Å². The molecular formula is C22H22F3N7O. The highest BCUT2D eigenvalue weighted by Gasteiger charge is 2.38. The van der Waals surface area contributed by atoms with Gasteiger partial charge in [0.15, 0.2) is 5.69 Å². The van der Waals surface area contributed by atoms with E-state index in [0.717, 1.165) is 22.7 Å². The highest BCUT2D eigenvalue weighted by Crippen LogP contribution is 2.38. The van der Waals surface area contributed by atoms with Crippen LogP contribution in [-0.4, -0.2) is 46.5 Å². The van der Waals surface area contributed by atoms with Crippen molar-refractivity contribution in [3.05, 3.63) is 58.7 Å². The zero-order valence-electron chi connectivity index (χ0n) is 18.6. The third-order valence-corrected chi connectivity index (χ3v) is 6.29. The topological polar surface area (TPSA) is 73.2 Å². The minimum Gasteiger partial charge on any atom is -0.330 e. The molecule has 33 heavy (non-hydrogen) atoms. The fraction of sp³-hybridized carbons (Fsp3) is 0.364. The van der Waals surface area contributed by atoms with Crippen LogP contribution >= 0.6 is 0 Å². The monoisotopic (exact) mass is 457 g/mol. The van der Waals surface area contributed by atoms with Gasteiger partial charge in [0.05, 0.1) is 40.4 Å². The standard InChI is InChI=1S/C22H22F3N7O/c1-12-6-5-8-32-19(12)15(11-26-32)21(33)31-9-7-14-18(13(31)2)28-30(4)20(14)16-10-17(22(23,24)25)27-29(16)3/h5-6,8,10-11,13H,7,9H2,1-4H3. The second-order valence-corrected chi connectivity index (χ2v) is 8.34. The van der Waals surface area contributed by atoms with Crippen molar-refractivity contribution < 1.29 is 18.0 Å². The normalized spacial score (nSPS) is 16.5. The molecule has 0 N–H and O–H groups in total. The Kier molecular flexibility index (Phi) is 4.62. The fourth-order valence-electron chi connectivity index (χ4n) is 4.70. The molecule has 0 aromatic carbocycles. The number of hydrogen-bond acceptors (Lipinski definition) is 4. The zero-order valence-corrected chi connectivity index (χ0v) is 18.6. The second kappa shape index (κ2) is 7.19. The lowest BCUT2D eigenvalue weighted by atomic mass is 9.96. The molecule has 4 aromatic heterocycles. The molecule has 1 amide bonds. The van der Waals surface area contributed by atoms with Crippen molar-refractivity contribution in [2.45, 2.75) is 32.5 Å². The molecule has 11 heteroatoms. The summed E-state index contributed by atoms with van der Waals surface area (Å²) in [6, 6.07) is 4.49. The van der Waals surface area contributed by atoms with E-state index in [9.17, 15) is 18.0 Å². The summed E-state index contributed by atoms with van der Waals surface area (Å²) >= 11 is 0. The molecule has 4 aromatic rings. The highest BCUT2D eigenvalue weighted by molar-refractivity contribution is 6.01. The maximum Gasteiger partial charge on any atom is 0.435 e. The Hall–Kier alpha value is -3.63. The number of halogens is 3. The van der Waals surface area contributed by atoms with Crippen molar-refractivity contribution in [3.8, 4) is 11.4 Å². The van der Waals surface area contributed by atoms with Gasteiger partial charge in [-0.2, -0.15) is 28.5 Å². The maximum absolute atomic E-state index is 13.5. The first-order chi connectivity index (χ1) is 15.6. The summed E-state index contributed by atoms with van der Waals surface area (Å²) in [5.41, 5.74) is 3.71. The van der Waals surface area contributed by atoms with E-state index in [-0.39, 0.29) is 11.9 Å². The van der Waals surface area contributed by atoms with Gasteiger partial charge >= 0.3 is 6.18 Å². The van der Waals surface area contributed by atoms with E-state index >= 15 is 0 Å². The van der Waals surface area contributed by atoms with Crippen molar-refractivity contribution >= 4 is 11.4 Å². The molecule has 5 rings (SSSR count). The molecule has 0 saturated carbocycles. The molecular weight excluding hydrogens is 435 g/mol. The number of carbonyl (C=O) groups is 1. The first-order valence-electron chi connectivity index (χ1n) is 10.5. The molecule has 0 spiro atoms. The lowest BCUT2D eigenvalue weighted by Crippen LogP contribution is -2.39. The van der Waals surface area contributed by atoms with Crippen LogP contribution < -0.4 is 0 Å². The van der Waals surface area contributed by atoms with Gasteiger partial charge in [-0.05, 0) is 38.0 Å². The number of pyridine rings is 1. The molecule has 1 aliphatic heterocycles. The Bertz CT molecular complexity index is 1400. The van der Waals surface area contributed by atoms with Crippen LogP contribution in [0.15, 0.2) is 30.6 Å². The molecule has 0 bridgehead atoms. The predicted molar refractivity (Wildman–Crippen MR) is 113 cm³/mol. The molecule has 1 atom stereocenters. The van der Waals surface area contributed by atoms with Crippen LogP contribution in [0.1, 0.15) is 45.8 Å². The first kappa shape index (κ1) is 21.2. The first-order valence-corrected chi connectivity index (χ1v) is 10.5. The Morgan fingerprint density at radius 3 is 2.64 bits per heavy atom. The fourth-order valence-corrected chi connectivity index (χ4v) is 4.70. The molecule has 172 valence electrons. The smallest absolute Gasteiger partial charge is 0.330 e. The Morgan fingerprint density at radius 2 is 1.94 bits per heavy atom. The van der Waals surface area contributed by atoms with Gasteiger partial charge < -0.3 is 4.90 Å². The average Bonchev–Trinajstić information content (AvgIpc) is 3.43. The number of carbonyl (C=O) groups excluding carboxylic acids is 1. The number of fused-ring (bicyclic) bond motifs is 2. The van der Waals surface area contributed by atoms with Crippen molar-refractivity contribution in [2.24, 2.45) is 14.1 Å². The van der Waals surface area contributed by atoms with Crippen molar-refractivity contribution in [3.63, 3.8) is 0 Å². The van der Waals surface area contributed by atoms with Gasteiger partial charge in [0.2, 0.25) is 0 Å². The van der Waals surface area contributed by atoms with Crippen LogP contribution in [0.25, 0.3) is 16.9 Å². The molecule has 0 fully saturated rings. The number of aromatic nitrogens is 6. The van der Waals surface area contributed by atoms with E-state index in [4.69, 9.17) is 0 Å². The third-order valence-electron chi connectivity index (χ3n) is 6.29. The molecule has 1 unspecified atom stereocenters. The molecule has 1 aliphatic rings. The van der Waals surface area contributed by atoms with Crippen molar-refractivity contribution in [1.29, 1.82) is 0 Å².